The third-order valence-electron chi connectivity index (χ3n) is 8.93. The Balaban J connectivity index is 1.38. The van der Waals surface area contributed by atoms with Gasteiger partial charge in [0.1, 0.15) is 16.7 Å². The minimum Gasteiger partial charge on any atom is -0.464 e. The maximum Gasteiger partial charge on any atom is 0.142 e. The van der Waals surface area contributed by atoms with E-state index < -0.39 is 0 Å². The second-order valence-corrected chi connectivity index (χ2v) is 12.3. The molecule has 0 saturated heterocycles. The first-order valence-corrected chi connectivity index (χ1v) is 15.3. The molecule has 0 aliphatic heterocycles. The van der Waals surface area contributed by atoms with Gasteiger partial charge in [0, 0.05) is 47.5 Å². The lowest BCUT2D eigenvalue weighted by atomic mass is 9.84. The fraction of sp³-hybridized carbons (Fsp3) is 0. The van der Waals surface area contributed by atoms with Crippen LogP contribution < -0.4 is 0 Å². The summed E-state index contributed by atoms with van der Waals surface area (Å²) < 4.78 is 15.3. The molecule has 0 saturated carbocycles. The van der Waals surface area contributed by atoms with Crippen LogP contribution in [0, 0.1) is 0 Å². The zero-order valence-corrected chi connectivity index (χ0v) is 23.7. The quantitative estimate of drug-likeness (QED) is 0.195. The summed E-state index contributed by atoms with van der Waals surface area (Å²) in [6.07, 6.45) is 1.79. The van der Waals surface area contributed by atoms with E-state index in [9.17, 15) is 0 Å². The first kappa shape index (κ1) is 23.2. The first-order valence-electron chi connectivity index (χ1n) is 14.5. The summed E-state index contributed by atoms with van der Waals surface area (Å²) in [5, 5.41) is 10.7. The zero-order valence-electron chi connectivity index (χ0n) is 22.9. The molecule has 10 rings (SSSR count). The van der Waals surface area contributed by atoms with Crippen LogP contribution >= 0.6 is 11.3 Å². The van der Waals surface area contributed by atoms with Gasteiger partial charge in [0.25, 0.3) is 0 Å². The minimum absolute atomic E-state index is 0.873. The summed E-state index contributed by atoms with van der Waals surface area (Å²) in [5.41, 5.74) is 7.39. The van der Waals surface area contributed by atoms with Crippen LogP contribution in [0.4, 0.5) is 0 Å². The highest BCUT2D eigenvalue weighted by molar-refractivity contribution is 7.25. The molecule has 0 amide bonds. The molecule has 0 aliphatic carbocycles. The standard InChI is InChI=1S/C40H22O2S/c1-3-12-29-27(10-1)36(23-17-18-26-25-9-6-8-16-34(25)43-35(26)22-23)28-11-2-4-13-30(28)37(29)39-38-31-14-5-7-15-32(31)42-33(38)21-24-19-20-41-40(24)39/h1-22H. The van der Waals surface area contributed by atoms with Crippen molar-refractivity contribution in [1.29, 1.82) is 0 Å². The Labute approximate surface area is 250 Å². The fourth-order valence-electron chi connectivity index (χ4n) is 7.14. The predicted octanol–water partition coefficient (Wildman–Crippen LogP) is 12.3. The van der Waals surface area contributed by atoms with Crippen LogP contribution in [0.15, 0.2) is 142 Å². The van der Waals surface area contributed by atoms with Crippen LogP contribution in [0.5, 0.6) is 0 Å². The second-order valence-electron chi connectivity index (χ2n) is 11.2. The number of hydrogen-bond donors (Lipinski definition) is 0. The van der Waals surface area contributed by atoms with E-state index in [-0.39, 0.29) is 0 Å². The molecule has 3 heteroatoms. The zero-order chi connectivity index (χ0) is 28.1. The summed E-state index contributed by atoms with van der Waals surface area (Å²) in [5.74, 6) is 0. The summed E-state index contributed by atoms with van der Waals surface area (Å²) >= 11 is 1.86. The average Bonchev–Trinajstić information content (AvgIpc) is 3.77. The van der Waals surface area contributed by atoms with Crippen molar-refractivity contribution in [3.63, 3.8) is 0 Å². The highest BCUT2D eigenvalue weighted by Crippen LogP contribution is 2.50. The smallest absolute Gasteiger partial charge is 0.142 e. The van der Waals surface area contributed by atoms with Gasteiger partial charge in [0.15, 0.2) is 0 Å². The highest BCUT2D eigenvalue weighted by atomic mass is 32.1. The van der Waals surface area contributed by atoms with Crippen molar-refractivity contribution >= 4 is 86.0 Å². The number of thiophene rings is 1. The van der Waals surface area contributed by atoms with Crippen molar-refractivity contribution in [2.75, 3.05) is 0 Å². The number of hydrogen-bond acceptors (Lipinski definition) is 3. The topological polar surface area (TPSA) is 26.3 Å². The Morgan fingerprint density at radius 3 is 1.84 bits per heavy atom. The third kappa shape index (κ3) is 3.17. The molecule has 7 aromatic carbocycles. The predicted molar refractivity (Wildman–Crippen MR) is 182 cm³/mol. The summed E-state index contributed by atoms with van der Waals surface area (Å²) in [6, 6.07) is 45.8. The molecular weight excluding hydrogens is 545 g/mol. The van der Waals surface area contributed by atoms with Gasteiger partial charge < -0.3 is 8.83 Å². The van der Waals surface area contributed by atoms with Gasteiger partial charge in [-0.2, -0.15) is 0 Å². The van der Waals surface area contributed by atoms with E-state index in [2.05, 4.69) is 109 Å². The largest absolute Gasteiger partial charge is 0.464 e. The van der Waals surface area contributed by atoms with Crippen LogP contribution in [-0.4, -0.2) is 0 Å². The van der Waals surface area contributed by atoms with Crippen LogP contribution in [0.3, 0.4) is 0 Å². The van der Waals surface area contributed by atoms with Crippen LogP contribution in [0.25, 0.3) is 96.9 Å². The molecule has 0 unspecified atom stereocenters. The molecule has 0 bridgehead atoms. The SMILES string of the molecule is c1ccc2c(c1)oc1cc3ccoc3c(-c3c4ccccc4c(-c4ccc5c(c4)sc4ccccc45)c4ccccc34)c12. The Bertz CT molecular complexity index is 2680. The van der Waals surface area contributed by atoms with E-state index >= 15 is 0 Å². The summed E-state index contributed by atoms with van der Waals surface area (Å²) in [4.78, 5) is 0. The van der Waals surface area contributed by atoms with E-state index in [0.717, 1.165) is 38.5 Å². The maximum absolute atomic E-state index is 6.43. The molecule has 0 aliphatic rings. The molecule has 0 spiro atoms. The van der Waals surface area contributed by atoms with E-state index in [0.29, 0.717) is 0 Å². The van der Waals surface area contributed by atoms with Gasteiger partial charge in [-0.3, -0.25) is 0 Å². The normalized spacial score (nSPS) is 12.2. The van der Waals surface area contributed by atoms with Crippen molar-refractivity contribution in [1.82, 2.24) is 0 Å². The van der Waals surface area contributed by atoms with Crippen molar-refractivity contribution in [3.05, 3.63) is 134 Å². The number of furan rings is 2. The van der Waals surface area contributed by atoms with E-state index in [4.69, 9.17) is 8.83 Å². The van der Waals surface area contributed by atoms with E-state index in [1.807, 2.05) is 29.5 Å². The van der Waals surface area contributed by atoms with E-state index in [1.165, 1.54) is 58.4 Å². The molecule has 200 valence electrons. The van der Waals surface area contributed by atoms with Gasteiger partial charge in [0.2, 0.25) is 0 Å². The molecule has 0 fully saturated rings. The molecular formula is C40H22O2S. The first-order chi connectivity index (χ1) is 21.3. The monoisotopic (exact) mass is 566 g/mol. The number of benzene rings is 7. The number of para-hydroxylation sites is 1. The van der Waals surface area contributed by atoms with Gasteiger partial charge in [-0.05, 0) is 63.0 Å². The van der Waals surface area contributed by atoms with Gasteiger partial charge in [0.05, 0.1) is 6.26 Å². The lowest BCUT2D eigenvalue weighted by molar-refractivity contribution is 0.617. The highest BCUT2D eigenvalue weighted by Gasteiger charge is 2.24. The molecule has 3 aromatic heterocycles. The Morgan fingerprint density at radius 2 is 1.07 bits per heavy atom. The fourth-order valence-corrected chi connectivity index (χ4v) is 8.29. The van der Waals surface area contributed by atoms with Crippen molar-refractivity contribution < 1.29 is 8.83 Å². The average molecular weight is 567 g/mol. The molecule has 0 N–H and O–H groups in total. The van der Waals surface area contributed by atoms with Crippen LogP contribution in [-0.2, 0) is 0 Å². The van der Waals surface area contributed by atoms with Gasteiger partial charge in [-0.25, -0.2) is 0 Å². The molecule has 10 aromatic rings. The van der Waals surface area contributed by atoms with E-state index in [1.54, 1.807) is 6.26 Å². The molecule has 0 radical (unpaired) electrons. The summed E-state index contributed by atoms with van der Waals surface area (Å²) in [6.45, 7) is 0. The minimum atomic E-state index is 0.873. The van der Waals surface area contributed by atoms with Gasteiger partial charge in [-0.1, -0.05) is 97.1 Å². The Kier molecular flexibility index (Phi) is 4.63. The van der Waals surface area contributed by atoms with Crippen molar-refractivity contribution in [2.45, 2.75) is 0 Å². The second kappa shape index (κ2) is 8.57. The lowest BCUT2D eigenvalue weighted by Gasteiger charge is -2.18. The van der Waals surface area contributed by atoms with Crippen molar-refractivity contribution in [2.24, 2.45) is 0 Å². The Morgan fingerprint density at radius 1 is 0.442 bits per heavy atom. The third-order valence-corrected chi connectivity index (χ3v) is 10.1. The summed E-state index contributed by atoms with van der Waals surface area (Å²) in [7, 11) is 0. The molecule has 3 heterocycles. The Hall–Kier alpha value is -5.38. The lowest BCUT2D eigenvalue weighted by Crippen LogP contribution is -1.92. The maximum atomic E-state index is 6.43. The molecule has 43 heavy (non-hydrogen) atoms. The number of rotatable bonds is 2. The molecule has 0 atom stereocenters. The van der Waals surface area contributed by atoms with Crippen molar-refractivity contribution in [3.8, 4) is 22.3 Å². The van der Waals surface area contributed by atoms with Crippen LogP contribution in [0.1, 0.15) is 0 Å². The number of fused-ring (bicyclic) bond motifs is 9. The molecule has 2 nitrogen and oxygen atoms in total. The van der Waals surface area contributed by atoms with Crippen LogP contribution in [0.2, 0.25) is 0 Å². The van der Waals surface area contributed by atoms with Gasteiger partial charge >= 0.3 is 0 Å². The van der Waals surface area contributed by atoms with Gasteiger partial charge in [-0.15, -0.1) is 11.3 Å².